The highest BCUT2D eigenvalue weighted by Gasteiger charge is 2.12. The topological polar surface area (TPSA) is 48.7 Å². The molecule has 0 spiro atoms. The number of aryl methyl sites for hydroxylation is 1. The van der Waals surface area contributed by atoms with Crippen molar-refractivity contribution >= 4 is 5.69 Å². The lowest BCUT2D eigenvalue weighted by Gasteiger charge is -2.10. The zero-order valence-corrected chi connectivity index (χ0v) is 10.2. The highest BCUT2D eigenvalue weighted by Crippen LogP contribution is 2.21. The Hall–Kier alpha value is -2.48. The maximum absolute atomic E-state index is 13.7. The van der Waals surface area contributed by atoms with Crippen LogP contribution in [0.2, 0.25) is 0 Å². The molecule has 1 aromatic heterocycles. The monoisotopic (exact) mass is 259 g/mol. The van der Waals surface area contributed by atoms with E-state index >= 15 is 0 Å². The molecule has 3 nitrogen and oxygen atoms in total. The Labute approximate surface area is 109 Å². The summed E-state index contributed by atoms with van der Waals surface area (Å²) in [6.45, 7) is 2.25. The van der Waals surface area contributed by atoms with Gasteiger partial charge in [-0.25, -0.2) is 8.78 Å². The molecule has 0 saturated carbocycles. The lowest BCUT2D eigenvalue weighted by Crippen LogP contribution is -2.05. The molecule has 0 aliphatic rings. The summed E-state index contributed by atoms with van der Waals surface area (Å²) in [5.41, 5.74) is 1.64. The second-order valence-electron chi connectivity index (χ2n) is 4.06. The Morgan fingerprint density at radius 2 is 2.05 bits per heavy atom. The molecule has 0 unspecified atom stereocenters. The number of pyridine rings is 1. The van der Waals surface area contributed by atoms with Crippen LogP contribution in [-0.4, -0.2) is 4.98 Å². The van der Waals surface area contributed by atoms with E-state index in [-0.39, 0.29) is 11.3 Å². The van der Waals surface area contributed by atoms with Crippen LogP contribution in [0.5, 0.6) is 0 Å². The van der Waals surface area contributed by atoms with Gasteiger partial charge < -0.3 is 5.32 Å². The van der Waals surface area contributed by atoms with Crippen LogP contribution < -0.4 is 5.32 Å². The van der Waals surface area contributed by atoms with E-state index in [2.05, 4.69) is 10.3 Å². The van der Waals surface area contributed by atoms with Crippen LogP contribution >= 0.6 is 0 Å². The van der Waals surface area contributed by atoms with E-state index in [0.717, 1.165) is 11.1 Å². The molecular formula is C14H11F2N3. The van der Waals surface area contributed by atoms with E-state index in [1.54, 1.807) is 24.5 Å². The molecule has 0 aliphatic heterocycles. The minimum Gasteiger partial charge on any atom is -0.378 e. The van der Waals surface area contributed by atoms with Gasteiger partial charge in [0.1, 0.15) is 6.07 Å². The van der Waals surface area contributed by atoms with Gasteiger partial charge in [0.2, 0.25) is 0 Å². The number of benzene rings is 1. The van der Waals surface area contributed by atoms with E-state index in [0.29, 0.717) is 6.54 Å². The number of anilines is 1. The average molecular weight is 259 g/mol. The predicted octanol–water partition coefficient (Wildman–Crippen LogP) is 3.15. The summed E-state index contributed by atoms with van der Waals surface area (Å²) in [7, 11) is 0. The van der Waals surface area contributed by atoms with E-state index in [1.807, 2.05) is 6.92 Å². The summed E-state index contributed by atoms with van der Waals surface area (Å²) in [4.78, 5) is 3.96. The standard InChI is InChI=1S/C14H11F2N3/c1-9-7-18-5-4-11(9)8-19-12-3-2-10(6-17)13(15)14(12)16/h2-5,7,19H,8H2,1H3. The van der Waals surface area contributed by atoms with Gasteiger partial charge in [-0.15, -0.1) is 0 Å². The molecule has 2 aromatic rings. The summed E-state index contributed by atoms with van der Waals surface area (Å²) in [5, 5.41) is 11.4. The van der Waals surface area contributed by atoms with Gasteiger partial charge in [-0.2, -0.15) is 5.26 Å². The smallest absolute Gasteiger partial charge is 0.183 e. The summed E-state index contributed by atoms with van der Waals surface area (Å²) in [5.74, 6) is -2.16. The summed E-state index contributed by atoms with van der Waals surface area (Å²) < 4.78 is 27.1. The van der Waals surface area contributed by atoms with Crippen molar-refractivity contribution in [2.45, 2.75) is 13.5 Å². The summed E-state index contributed by atoms with van der Waals surface area (Å²) in [6, 6.07) is 6.01. The van der Waals surface area contributed by atoms with Crippen LogP contribution in [0.1, 0.15) is 16.7 Å². The van der Waals surface area contributed by atoms with Crippen molar-refractivity contribution in [1.29, 1.82) is 5.26 Å². The maximum atomic E-state index is 13.7. The third kappa shape index (κ3) is 2.68. The molecule has 0 radical (unpaired) electrons. The molecule has 0 amide bonds. The van der Waals surface area contributed by atoms with Crippen LogP contribution in [0.4, 0.5) is 14.5 Å². The van der Waals surface area contributed by atoms with Crippen LogP contribution in [0.25, 0.3) is 0 Å². The van der Waals surface area contributed by atoms with Crippen molar-refractivity contribution in [1.82, 2.24) is 4.98 Å². The average Bonchev–Trinajstić information content (AvgIpc) is 2.42. The highest BCUT2D eigenvalue weighted by molar-refractivity contribution is 5.50. The SMILES string of the molecule is Cc1cnccc1CNc1ccc(C#N)c(F)c1F. The fourth-order valence-electron chi connectivity index (χ4n) is 1.66. The van der Waals surface area contributed by atoms with Gasteiger partial charge >= 0.3 is 0 Å². The zero-order chi connectivity index (χ0) is 13.8. The van der Waals surface area contributed by atoms with Gasteiger partial charge in [-0.1, -0.05) is 0 Å². The maximum Gasteiger partial charge on any atom is 0.183 e. The molecule has 2 rings (SSSR count). The summed E-state index contributed by atoms with van der Waals surface area (Å²) >= 11 is 0. The third-order valence-electron chi connectivity index (χ3n) is 2.81. The zero-order valence-electron chi connectivity index (χ0n) is 10.2. The first-order valence-electron chi connectivity index (χ1n) is 5.65. The second-order valence-corrected chi connectivity index (χ2v) is 4.06. The largest absolute Gasteiger partial charge is 0.378 e. The first-order chi connectivity index (χ1) is 9.13. The Morgan fingerprint density at radius 1 is 1.26 bits per heavy atom. The van der Waals surface area contributed by atoms with Gasteiger partial charge in [0.15, 0.2) is 11.6 Å². The van der Waals surface area contributed by atoms with Gasteiger partial charge in [-0.05, 0) is 36.2 Å². The molecule has 5 heteroatoms. The molecular weight excluding hydrogens is 248 g/mol. The van der Waals surface area contributed by atoms with Crippen LogP contribution in [0, 0.1) is 29.9 Å². The Kier molecular flexibility index (Phi) is 3.71. The first-order valence-corrected chi connectivity index (χ1v) is 5.65. The van der Waals surface area contributed by atoms with Crippen LogP contribution in [0.15, 0.2) is 30.6 Å². The number of halogens is 2. The molecule has 0 atom stereocenters. The number of hydrogen-bond donors (Lipinski definition) is 1. The molecule has 0 saturated heterocycles. The van der Waals surface area contributed by atoms with Crippen molar-refractivity contribution in [3.63, 3.8) is 0 Å². The van der Waals surface area contributed by atoms with E-state index in [9.17, 15) is 8.78 Å². The lowest BCUT2D eigenvalue weighted by molar-refractivity contribution is 0.508. The Bertz CT molecular complexity index is 648. The number of nitrogens with one attached hydrogen (secondary N) is 1. The third-order valence-corrected chi connectivity index (χ3v) is 2.81. The minimum absolute atomic E-state index is 0.0349. The van der Waals surface area contributed by atoms with Gasteiger partial charge in [0.05, 0.1) is 11.3 Å². The molecule has 19 heavy (non-hydrogen) atoms. The van der Waals surface area contributed by atoms with Gasteiger partial charge in [0, 0.05) is 18.9 Å². The normalized spacial score (nSPS) is 10.0. The Balaban J connectivity index is 2.20. The van der Waals surface area contributed by atoms with E-state index in [4.69, 9.17) is 5.26 Å². The lowest BCUT2D eigenvalue weighted by atomic mass is 10.1. The first kappa shape index (κ1) is 13.0. The van der Waals surface area contributed by atoms with E-state index < -0.39 is 11.6 Å². The van der Waals surface area contributed by atoms with Gasteiger partial charge in [-0.3, -0.25) is 4.98 Å². The number of hydrogen-bond acceptors (Lipinski definition) is 3. The fraction of sp³-hybridized carbons (Fsp3) is 0.143. The van der Waals surface area contributed by atoms with Crippen LogP contribution in [-0.2, 0) is 6.54 Å². The number of nitrogens with zero attached hydrogens (tertiary/aromatic N) is 2. The molecule has 0 aliphatic carbocycles. The number of rotatable bonds is 3. The highest BCUT2D eigenvalue weighted by atomic mass is 19.2. The van der Waals surface area contributed by atoms with Crippen molar-refractivity contribution in [2.75, 3.05) is 5.32 Å². The second kappa shape index (κ2) is 5.44. The van der Waals surface area contributed by atoms with Crippen molar-refractivity contribution < 1.29 is 8.78 Å². The molecule has 0 bridgehead atoms. The molecule has 1 heterocycles. The minimum atomic E-state index is -1.13. The van der Waals surface area contributed by atoms with Gasteiger partial charge in [0.25, 0.3) is 0 Å². The molecule has 0 fully saturated rings. The molecule has 96 valence electrons. The van der Waals surface area contributed by atoms with Crippen molar-refractivity contribution in [3.8, 4) is 6.07 Å². The Morgan fingerprint density at radius 3 is 2.74 bits per heavy atom. The van der Waals surface area contributed by atoms with Crippen molar-refractivity contribution in [2.24, 2.45) is 0 Å². The number of nitriles is 1. The van der Waals surface area contributed by atoms with Crippen LogP contribution in [0.3, 0.4) is 0 Å². The molecule has 1 aromatic carbocycles. The summed E-state index contributed by atoms with van der Waals surface area (Å²) in [6.07, 6.45) is 3.34. The molecule has 1 N–H and O–H groups in total. The fourth-order valence-corrected chi connectivity index (χ4v) is 1.66. The quantitative estimate of drug-likeness (QED) is 0.921. The van der Waals surface area contributed by atoms with Crippen molar-refractivity contribution in [3.05, 3.63) is 58.9 Å². The predicted molar refractivity (Wildman–Crippen MR) is 67.4 cm³/mol. The van der Waals surface area contributed by atoms with E-state index in [1.165, 1.54) is 12.1 Å². The number of aromatic nitrogens is 1.